The van der Waals surface area contributed by atoms with Crippen molar-refractivity contribution >= 4 is 11.6 Å². The molecule has 0 spiro atoms. The lowest BCUT2D eigenvalue weighted by Crippen LogP contribution is -2.37. The van der Waals surface area contributed by atoms with E-state index >= 15 is 0 Å². The van der Waals surface area contributed by atoms with Crippen LogP contribution >= 0.6 is 0 Å². The van der Waals surface area contributed by atoms with Crippen LogP contribution in [0, 0.1) is 17.8 Å². The summed E-state index contributed by atoms with van der Waals surface area (Å²) >= 11 is 0. The summed E-state index contributed by atoms with van der Waals surface area (Å²) in [4.78, 5) is 0. The zero-order valence-electron chi connectivity index (χ0n) is 14.7. The van der Waals surface area contributed by atoms with E-state index in [0.29, 0.717) is 30.6 Å². The van der Waals surface area contributed by atoms with Gasteiger partial charge in [0.2, 0.25) is 0 Å². The van der Waals surface area contributed by atoms with E-state index in [0.717, 1.165) is 23.1 Å². The highest BCUT2D eigenvalue weighted by Crippen LogP contribution is 2.36. The van der Waals surface area contributed by atoms with E-state index in [1.165, 1.54) is 25.7 Å². The molecule has 4 heteroatoms. The van der Waals surface area contributed by atoms with Gasteiger partial charge in [-0.15, -0.1) is 0 Å². The van der Waals surface area contributed by atoms with E-state index in [1.54, 1.807) is 24.3 Å². The zero-order chi connectivity index (χ0) is 17.8. The van der Waals surface area contributed by atoms with E-state index in [9.17, 15) is 8.78 Å². The van der Waals surface area contributed by atoms with Gasteiger partial charge < -0.3 is 9.47 Å². The van der Waals surface area contributed by atoms with Crippen molar-refractivity contribution in [3.05, 3.63) is 48.1 Å². The Hall–Kier alpha value is -1.52. The van der Waals surface area contributed by atoms with Crippen molar-refractivity contribution in [3.8, 4) is 0 Å². The summed E-state index contributed by atoms with van der Waals surface area (Å²) in [5, 5.41) is 0. The lowest BCUT2D eigenvalue weighted by molar-refractivity contribution is -0.180. The minimum absolute atomic E-state index is 0.446. The molecule has 0 bridgehead atoms. The lowest BCUT2D eigenvalue weighted by atomic mass is 9.76. The van der Waals surface area contributed by atoms with Gasteiger partial charge in [-0.05, 0) is 35.8 Å². The molecule has 3 rings (SSSR count). The smallest absolute Gasteiger partial charge is 0.270 e. The molecule has 0 radical (unpaired) electrons. The molecule has 1 aromatic carbocycles. The summed E-state index contributed by atoms with van der Waals surface area (Å²) in [7, 11) is 0. The maximum Gasteiger partial charge on any atom is 0.270 e. The topological polar surface area (TPSA) is 18.5 Å². The lowest BCUT2D eigenvalue weighted by Gasteiger charge is -2.37. The van der Waals surface area contributed by atoms with E-state index in [4.69, 9.17) is 9.47 Å². The number of ether oxygens (including phenoxy) is 2. The van der Waals surface area contributed by atoms with Gasteiger partial charge in [0.25, 0.3) is 6.08 Å². The fourth-order valence-corrected chi connectivity index (χ4v) is 3.80. The van der Waals surface area contributed by atoms with Crippen LogP contribution in [0.4, 0.5) is 8.78 Å². The molecule has 0 aromatic heterocycles. The molecule has 1 saturated heterocycles. The Labute approximate surface area is 148 Å². The molecule has 1 saturated carbocycles. The number of hydrogen-bond donors (Lipinski definition) is 0. The molecule has 2 fully saturated rings. The third-order valence-electron chi connectivity index (χ3n) is 5.49. The fraction of sp³-hybridized carbons (Fsp3) is 0.524. The predicted molar refractivity (Wildman–Crippen MR) is 96.0 cm³/mol. The van der Waals surface area contributed by atoms with E-state index in [-0.39, 0.29) is 0 Å². The Kier molecular flexibility index (Phi) is 6.02. The van der Waals surface area contributed by atoms with Gasteiger partial charge in [0.15, 0.2) is 6.29 Å². The van der Waals surface area contributed by atoms with Gasteiger partial charge in [0.05, 0.1) is 13.2 Å². The van der Waals surface area contributed by atoms with E-state index in [1.807, 2.05) is 0 Å². The molecule has 0 amide bonds. The minimum atomic E-state index is -1.70. The second-order valence-corrected chi connectivity index (χ2v) is 7.36. The van der Waals surface area contributed by atoms with Crippen LogP contribution in [0.25, 0.3) is 11.6 Å². The van der Waals surface area contributed by atoms with Crippen LogP contribution in [-0.2, 0) is 9.47 Å². The average Bonchev–Trinajstić information content (AvgIpc) is 2.62. The molecule has 25 heavy (non-hydrogen) atoms. The molecule has 0 unspecified atom stereocenters. The van der Waals surface area contributed by atoms with Crippen molar-refractivity contribution in [3.63, 3.8) is 0 Å². The highest BCUT2D eigenvalue weighted by molar-refractivity contribution is 5.67. The van der Waals surface area contributed by atoms with Gasteiger partial charge in [-0.1, -0.05) is 50.6 Å². The summed E-state index contributed by atoms with van der Waals surface area (Å²) in [6, 6.07) is 6.85. The molecule has 1 aliphatic carbocycles. The number of hydrogen-bond acceptors (Lipinski definition) is 2. The molecular formula is C21H26F2O2. The van der Waals surface area contributed by atoms with Gasteiger partial charge >= 0.3 is 0 Å². The Morgan fingerprint density at radius 2 is 1.60 bits per heavy atom. The average molecular weight is 348 g/mol. The van der Waals surface area contributed by atoms with Crippen LogP contribution in [0.15, 0.2) is 36.9 Å². The summed E-state index contributed by atoms with van der Waals surface area (Å²) < 4.78 is 36.4. The molecule has 2 nitrogen and oxygen atoms in total. The normalized spacial score (nSPS) is 29.9. The van der Waals surface area contributed by atoms with Crippen molar-refractivity contribution < 1.29 is 18.3 Å². The van der Waals surface area contributed by atoms with Crippen molar-refractivity contribution in [2.24, 2.45) is 17.8 Å². The van der Waals surface area contributed by atoms with Crippen molar-refractivity contribution in [2.75, 3.05) is 13.2 Å². The Morgan fingerprint density at radius 1 is 1.00 bits per heavy atom. The Morgan fingerprint density at radius 3 is 2.16 bits per heavy atom. The second kappa shape index (κ2) is 8.24. The maximum atomic E-state index is 12.3. The van der Waals surface area contributed by atoms with E-state index < -0.39 is 12.4 Å². The van der Waals surface area contributed by atoms with Crippen LogP contribution in [0.1, 0.15) is 43.7 Å². The quantitative estimate of drug-likeness (QED) is 0.689. The van der Waals surface area contributed by atoms with E-state index in [2.05, 4.69) is 13.5 Å². The Bertz CT molecular complexity index is 603. The van der Waals surface area contributed by atoms with Crippen LogP contribution in [-0.4, -0.2) is 19.5 Å². The highest BCUT2D eigenvalue weighted by atomic mass is 19.3. The predicted octanol–water partition coefficient (Wildman–Crippen LogP) is 5.75. The summed E-state index contributed by atoms with van der Waals surface area (Å²) in [5.74, 6) is 2.02. The van der Waals surface area contributed by atoms with Crippen molar-refractivity contribution in [2.45, 2.75) is 38.9 Å². The molecule has 0 N–H and O–H groups in total. The number of rotatable bonds is 4. The molecule has 0 atom stereocenters. The van der Waals surface area contributed by atoms with Crippen molar-refractivity contribution in [1.29, 1.82) is 0 Å². The summed E-state index contributed by atoms with van der Waals surface area (Å²) in [6.07, 6.45) is 3.84. The number of halogens is 2. The SMILES string of the molecule is C=C(c1ccc(C=C(F)F)cc1)C1OCC(C2CCC(C)CC2)CO1. The van der Waals surface area contributed by atoms with Crippen molar-refractivity contribution in [1.82, 2.24) is 0 Å². The van der Waals surface area contributed by atoms with Gasteiger partial charge in [0.1, 0.15) is 0 Å². The highest BCUT2D eigenvalue weighted by Gasteiger charge is 2.32. The van der Waals surface area contributed by atoms with Gasteiger partial charge in [-0.3, -0.25) is 0 Å². The summed E-state index contributed by atoms with van der Waals surface area (Å²) in [6.45, 7) is 7.81. The Balaban J connectivity index is 1.53. The van der Waals surface area contributed by atoms with Crippen LogP contribution < -0.4 is 0 Å². The first-order valence-corrected chi connectivity index (χ1v) is 9.08. The van der Waals surface area contributed by atoms with Crippen LogP contribution in [0.3, 0.4) is 0 Å². The van der Waals surface area contributed by atoms with Crippen LogP contribution in [0.5, 0.6) is 0 Å². The standard InChI is InChI=1S/C21H26F2O2/c1-14-3-7-18(8-4-14)19-12-24-21(25-13-19)15(2)17-9-5-16(6-10-17)11-20(22)23/h5-6,9-11,14,18-19,21H,2-4,7-8,12-13H2,1H3. The fourth-order valence-electron chi connectivity index (χ4n) is 3.80. The molecule has 1 aromatic rings. The molecule has 1 aliphatic heterocycles. The van der Waals surface area contributed by atoms with Gasteiger partial charge in [-0.25, -0.2) is 0 Å². The first-order valence-electron chi connectivity index (χ1n) is 9.08. The van der Waals surface area contributed by atoms with Gasteiger partial charge in [-0.2, -0.15) is 8.78 Å². The summed E-state index contributed by atoms with van der Waals surface area (Å²) in [5.41, 5.74) is 2.06. The molecule has 2 aliphatic rings. The third-order valence-corrected chi connectivity index (χ3v) is 5.49. The second-order valence-electron chi connectivity index (χ2n) is 7.36. The molecular weight excluding hydrogens is 322 g/mol. The first-order chi connectivity index (χ1) is 12.0. The monoisotopic (exact) mass is 348 g/mol. The van der Waals surface area contributed by atoms with Crippen LogP contribution in [0.2, 0.25) is 0 Å². The first kappa shape index (κ1) is 18.3. The maximum absolute atomic E-state index is 12.3. The number of benzene rings is 1. The molecule has 136 valence electrons. The molecule has 1 heterocycles. The largest absolute Gasteiger partial charge is 0.348 e. The zero-order valence-corrected chi connectivity index (χ0v) is 14.7. The third kappa shape index (κ3) is 4.77. The van der Waals surface area contributed by atoms with Gasteiger partial charge in [0, 0.05) is 17.6 Å². The minimum Gasteiger partial charge on any atom is -0.348 e.